The first kappa shape index (κ1) is 15.9. The van der Waals surface area contributed by atoms with E-state index in [2.05, 4.69) is 5.32 Å². The number of hydrogen-bond donors (Lipinski definition) is 2. The number of benzene rings is 2. The van der Waals surface area contributed by atoms with Crippen molar-refractivity contribution in [3.05, 3.63) is 70.2 Å². The first-order chi connectivity index (χ1) is 9.97. The zero-order valence-electron chi connectivity index (χ0n) is 11.5. The number of rotatable bonds is 5. The average molecular weight is 312 g/mol. The Balaban J connectivity index is 1.97. The van der Waals surface area contributed by atoms with E-state index in [0.29, 0.717) is 5.02 Å². The number of halogens is 3. The number of aliphatic hydroxyl groups is 1. The maximum absolute atomic E-state index is 13.6. The molecule has 0 saturated heterocycles. The first-order valence-corrected chi connectivity index (χ1v) is 6.97. The van der Waals surface area contributed by atoms with E-state index < -0.39 is 17.7 Å². The summed E-state index contributed by atoms with van der Waals surface area (Å²) in [5.41, 5.74) is 1.08. The summed E-state index contributed by atoms with van der Waals surface area (Å²) < 4.78 is 26.4. The Morgan fingerprint density at radius 3 is 2.43 bits per heavy atom. The molecule has 0 aliphatic rings. The lowest BCUT2D eigenvalue weighted by atomic mass is 10.1. The first-order valence-electron chi connectivity index (χ1n) is 6.59. The van der Waals surface area contributed by atoms with Gasteiger partial charge in [0.15, 0.2) is 0 Å². The molecule has 0 bridgehead atoms. The standard InChI is InChI=1S/C16H16ClF2NO/c1-10(11-2-4-12(17)5-3-11)20-9-16(21)14-7-6-13(18)8-15(14)19/h2-8,10,16,20-21H,9H2,1H3. The Bertz CT molecular complexity index is 604. The van der Waals surface area contributed by atoms with Crippen molar-refractivity contribution in [2.45, 2.75) is 19.1 Å². The average Bonchev–Trinajstić information content (AvgIpc) is 2.45. The summed E-state index contributed by atoms with van der Waals surface area (Å²) in [6, 6.07) is 10.4. The van der Waals surface area contributed by atoms with Crippen LogP contribution in [0, 0.1) is 11.6 Å². The van der Waals surface area contributed by atoms with E-state index in [4.69, 9.17) is 11.6 Å². The minimum atomic E-state index is -1.04. The topological polar surface area (TPSA) is 32.3 Å². The maximum Gasteiger partial charge on any atom is 0.131 e. The van der Waals surface area contributed by atoms with Gasteiger partial charge < -0.3 is 10.4 Å². The fraction of sp³-hybridized carbons (Fsp3) is 0.250. The highest BCUT2D eigenvalue weighted by Gasteiger charge is 2.15. The highest BCUT2D eigenvalue weighted by Crippen LogP contribution is 2.20. The van der Waals surface area contributed by atoms with E-state index in [1.54, 1.807) is 12.1 Å². The fourth-order valence-corrected chi connectivity index (χ4v) is 2.17. The van der Waals surface area contributed by atoms with Crippen molar-refractivity contribution < 1.29 is 13.9 Å². The molecule has 2 unspecified atom stereocenters. The number of aliphatic hydroxyl groups excluding tert-OH is 1. The highest BCUT2D eigenvalue weighted by atomic mass is 35.5. The Labute approximate surface area is 127 Å². The number of nitrogens with one attached hydrogen (secondary N) is 1. The molecule has 0 amide bonds. The summed E-state index contributed by atoms with van der Waals surface area (Å²) in [5, 5.41) is 13.7. The van der Waals surface area contributed by atoms with Gasteiger partial charge in [-0.3, -0.25) is 0 Å². The quantitative estimate of drug-likeness (QED) is 0.874. The molecular formula is C16H16ClF2NO. The highest BCUT2D eigenvalue weighted by molar-refractivity contribution is 6.30. The molecule has 0 radical (unpaired) electrons. The summed E-state index contributed by atoms with van der Waals surface area (Å²) in [5.74, 6) is -1.41. The molecule has 112 valence electrons. The summed E-state index contributed by atoms with van der Waals surface area (Å²) in [7, 11) is 0. The number of hydrogen-bond acceptors (Lipinski definition) is 2. The second-order valence-electron chi connectivity index (χ2n) is 4.86. The molecule has 0 fully saturated rings. The van der Waals surface area contributed by atoms with Crippen LogP contribution in [-0.2, 0) is 0 Å². The minimum absolute atomic E-state index is 0.0274. The summed E-state index contributed by atoms with van der Waals surface area (Å²) in [6.07, 6.45) is -1.04. The fourth-order valence-electron chi connectivity index (χ4n) is 2.04. The van der Waals surface area contributed by atoms with Crippen molar-refractivity contribution in [3.8, 4) is 0 Å². The van der Waals surface area contributed by atoms with Gasteiger partial charge in [-0.1, -0.05) is 29.8 Å². The second kappa shape index (κ2) is 6.98. The van der Waals surface area contributed by atoms with Crippen molar-refractivity contribution in [1.29, 1.82) is 0 Å². The molecule has 0 heterocycles. The smallest absolute Gasteiger partial charge is 0.131 e. The van der Waals surface area contributed by atoms with E-state index in [-0.39, 0.29) is 18.2 Å². The molecule has 0 aromatic heterocycles. The van der Waals surface area contributed by atoms with Gasteiger partial charge in [0, 0.05) is 29.2 Å². The molecule has 2 atom stereocenters. The zero-order chi connectivity index (χ0) is 15.4. The predicted molar refractivity (Wildman–Crippen MR) is 79.2 cm³/mol. The van der Waals surface area contributed by atoms with Gasteiger partial charge >= 0.3 is 0 Å². The monoisotopic (exact) mass is 311 g/mol. The van der Waals surface area contributed by atoms with Crippen LogP contribution < -0.4 is 5.32 Å². The zero-order valence-corrected chi connectivity index (χ0v) is 12.2. The van der Waals surface area contributed by atoms with Gasteiger partial charge in [-0.25, -0.2) is 8.78 Å². The largest absolute Gasteiger partial charge is 0.387 e. The molecule has 2 nitrogen and oxygen atoms in total. The maximum atomic E-state index is 13.6. The van der Waals surface area contributed by atoms with E-state index in [1.165, 1.54) is 6.07 Å². The van der Waals surface area contributed by atoms with Gasteiger partial charge in [0.25, 0.3) is 0 Å². The Morgan fingerprint density at radius 2 is 1.81 bits per heavy atom. The third-order valence-corrected chi connectivity index (χ3v) is 3.56. The van der Waals surface area contributed by atoms with Gasteiger partial charge in [-0.15, -0.1) is 0 Å². The van der Waals surface area contributed by atoms with Crippen molar-refractivity contribution in [2.24, 2.45) is 0 Å². The molecule has 5 heteroatoms. The van der Waals surface area contributed by atoms with Crippen molar-refractivity contribution in [3.63, 3.8) is 0 Å². The lowest BCUT2D eigenvalue weighted by molar-refractivity contribution is 0.166. The van der Waals surface area contributed by atoms with Crippen molar-refractivity contribution >= 4 is 11.6 Å². The molecule has 0 spiro atoms. The normalized spacial score (nSPS) is 14.0. The van der Waals surface area contributed by atoms with Crippen LogP contribution in [0.4, 0.5) is 8.78 Å². The Kier molecular flexibility index (Phi) is 5.28. The third-order valence-electron chi connectivity index (χ3n) is 3.31. The molecule has 0 saturated carbocycles. The van der Waals surface area contributed by atoms with Crippen LogP contribution in [-0.4, -0.2) is 11.7 Å². The molecule has 2 rings (SSSR count). The van der Waals surface area contributed by atoms with Gasteiger partial charge in [0.1, 0.15) is 11.6 Å². The lowest BCUT2D eigenvalue weighted by Crippen LogP contribution is -2.25. The Hall–Kier alpha value is -1.49. The van der Waals surface area contributed by atoms with E-state index in [0.717, 1.165) is 17.7 Å². The van der Waals surface area contributed by atoms with E-state index in [9.17, 15) is 13.9 Å². The molecule has 0 aliphatic carbocycles. The van der Waals surface area contributed by atoms with Crippen LogP contribution in [0.5, 0.6) is 0 Å². The Morgan fingerprint density at radius 1 is 1.14 bits per heavy atom. The lowest BCUT2D eigenvalue weighted by Gasteiger charge is -2.18. The van der Waals surface area contributed by atoms with Gasteiger partial charge in [0.2, 0.25) is 0 Å². The summed E-state index contributed by atoms with van der Waals surface area (Å²) in [4.78, 5) is 0. The van der Waals surface area contributed by atoms with Crippen LogP contribution in [0.3, 0.4) is 0 Å². The molecule has 21 heavy (non-hydrogen) atoms. The summed E-state index contributed by atoms with van der Waals surface area (Å²) >= 11 is 5.82. The third kappa shape index (κ3) is 4.24. The molecule has 2 aromatic rings. The molecular weight excluding hydrogens is 296 g/mol. The molecule has 2 N–H and O–H groups in total. The molecule has 0 aliphatic heterocycles. The SMILES string of the molecule is CC(NCC(O)c1ccc(F)cc1F)c1ccc(Cl)cc1. The van der Waals surface area contributed by atoms with Gasteiger partial charge in [-0.05, 0) is 30.7 Å². The summed E-state index contributed by atoms with van der Waals surface area (Å²) in [6.45, 7) is 2.09. The van der Waals surface area contributed by atoms with Gasteiger partial charge in [0.05, 0.1) is 6.10 Å². The van der Waals surface area contributed by atoms with E-state index in [1.807, 2.05) is 19.1 Å². The van der Waals surface area contributed by atoms with Gasteiger partial charge in [-0.2, -0.15) is 0 Å². The van der Waals surface area contributed by atoms with Crippen LogP contribution in [0.1, 0.15) is 30.2 Å². The minimum Gasteiger partial charge on any atom is -0.387 e. The van der Waals surface area contributed by atoms with Crippen LogP contribution >= 0.6 is 11.6 Å². The second-order valence-corrected chi connectivity index (χ2v) is 5.30. The van der Waals surface area contributed by atoms with Crippen LogP contribution in [0.15, 0.2) is 42.5 Å². The van der Waals surface area contributed by atoms with Crippen molar-refractivity contribution in [2.75, 3.05) is 6.54 Å². The van der Waals surface area contributed by atoms with Crippen molar-refractivity contribution in [1.82, 2.24) is 5.32 Å². The van der Waals surface area contributed by atoms with Crippen LogP contribution in [0.2, 0.25) is 5.02 Å². The predicted octanol–water partition coefficient (Wildman–Crippen LogP) is 4.00. The molecule has 2 aromatic carbocycles. The van der Waals surface area contributed by atoms with E-state index >= 15 is 0 Å². The van der Waals surface area contributed by atoms with Crippen LogP contribution in [0.25, 0.3) is 0 Å².